The van der Waals surface area contributed by atoms with Crippen LogP contribution < -0.4 is 5.32 Å². The summed E-state index contributed by atoms with van der Waals surface area (Å²) in [6, 6.07) is 17.1. The zero-order valence-electron chi connectivity index (χ0n) is 17.8. The molecule has 8 heteroatoms. The van der Waals surface area contributed by atoms with E-state index in [-0.39, 0.29) is 11.5 Å². The molecule has 32 heavy (non-hydrogen) atoms. The Morgan fingerprint density at radius 3 is 2.50 bits per heavy atom. The molecule has 1 aliphatic rings. The Bertz CT molecular complexity index is 1280. The third-order valence-electron chi connectivity index (χ3n) is 5.40. The van der Waals surface area contributed by atoms with Gasteiger partial charge in [0.1, 0.15) is 11.7 Å². The first kappa shape index (κ1) is 21.0. The second-order valence-electron chi connectivity index (χ2n) is 7.37. The molecule has 2 heterocycles. The molecule has 0 radical (unpaired) electrons. The second-order valence-corrected chi connectivity index (χ2v) is 7.37. The van der Waals surface area contributed by atoms with Gasteiger partial charge >= 0.3 is 6.16 Å². The Kier molecular flexibility index (Phi) is 5.59. The lowest BCUT2D eigenvalue weighted by atomic mass is 9.86. The summed E-state index contributed by atoms with van der Waals surface area (Å²) >= 11 is 0. The van der Waals surface area contributed by atoms with E-state index in [0.29, 0.717) is 22.5 Å². The molecule has 1 unspecified atom stereocenters. The number of allylic oxidation sites excluding steroid dienone is 2. The van der Waals surface area contributed by atoms with Gasteiger partial charge in [-0.05, 0) is 37.1 Å². The topological polar surface area (TPSA) is 104 Å². The average Bonchev–Trinajstić information content (AvgIpc) is 2.80. The number of nitro groups is 1. The van der Waals surface area contributed by atoms with Crippen LogP contribution >= 0.6 is 0 Å². The van der Waals surface area contributed by atoms with Crippen molar-refractivity contribution in [3.63, 3.8) is 0 Å². The third kappa shape index (κ3) is 3.78. The van der Waals surface area contributed by atoms with E-state index in [1.165, 1.54) is 7.11 Å². The molecule has 0 aliphatic carbocycles. The van der Waals surface area contributed by atoms with Gasteiger partial charge in [-0.1, -0.05) is 42.5 Å². The molecule has 4 rings (SSSR count). The molecular weight excluding hydrogens is 410 g/mol. The van der Waals surface area contributed by atoms with E-state index in [1.807, 2.05) is 42.5 Å². The summed E-state index contributed by atoms with van der Waals surface area (Å²) in [6.45, 7) is 3.33. The van der Waals surface area contributed by atoms with Crippen LogP contribution in [0.25, 0.3) is 22.0 Å². The molecule has 0 spiro atoms. The molecule has 2 aromatic carbocycles. The van der Waals surface area contributed by atoms with Crippen LogP contribution in [0.5, 0.6) is 0 Å². The van der Waals surface area contributed by atoms with Crippen molar-refractivity contribution >= 4 is 17.1 Å². The smallest absolute Gasteiger partial charge is 0.437 e. The maximum Gasteiger partial charge on any atom is 0.513 e. The van der Waals surface area contributed by atoms with Gasteiger partial charge in [0.15, 0.2) is 0 Å². The highest BCUT2D eigenvalue weighted by Gasteiger charge is 2.40. The molecule has 1 atom stereocenters. The number of hydrogen-bond acceptors (Lipinski definition) is 7. The molecule has 1 N–H and O–H groups in total. The lowest BCUT2D eigenvalue weighted by molar-refractivity contribution is -0.431. The van der Waals surface area contributed by atoms with E-state index in [2.05, 4.69) is 15.0 Å². The van der Waals surface area contributed by atoms with E-state index < -0.39 is 17.0 Å². The molecule has 8 nitrogen and oxygen atoms in total. The molecule has 0 amide bonds. The Morgan fingerprint density at radius 2 is 1.81 bits per heavy atom. The van der Waals surface area contributed by atoms with Crippen molar-refractivity contribution in [3.8, 4) is 11.1 Å². The van der Waals surface area contributed by atoms with Gasteiger partial charge < -0.3 is 14.8 Å². The average molecular weight is 431 g/mol. The van der Waals surface area contributed by atoms with Gasteiger partial charge in [-0.2, -0.15) is 0 Å². The number of rotatable bonds is 4. The lowest BCUT2D eigenvalue weighted by Crippen LogP contribution is -2.30. The van der Waals surface area contributed by atoms with Crippen LogP contribution in [0, 0.1) is 10.1 Å². The van der Waals surface area contributed by atoms with Crippen LogP contribution in [0.3, 0.4) is 0 Å². The van der Waals surface area contributed by atoms with Gasteiger partial charge in [0.25, 0.3) is 5.70 Å². The fraction of sp³-hybridized carbons (Fsp3) is 0.167. The molecule has 162 valence electrons. The number of hydrogen-bond donors (Lipinski definition) is 1. The first-order valence-electron chi connectivity index (χ1n) is 9.93. The fourth-order valence-corrected chi connectivity index (χ4v) is 3.97. The minimum absolute atomic E-state index is 0.105. The van der Waals surface area contributed by atoms with E-state index in [0.717, 1.165) is 16.5 Å². The summed E-state index contributed by atoms with van der Waals surface area (Å²) in [6.07, 6.45) is 0.823. The summed E-state index contributed by atoms with van der Waals surface area (Å²) < 4.78 is 10.1. The lowest BCUT2D eigenvalue weighted by Gasteiger charge is -2.27. The number of fused-ring (bicyclic) bond motifs is 1. The van der Waals surface area contributed by atoms with Crippen molar-refractivity contribution in [2.24, 2.45) is 0 Å². The highest BCUT2D eigenvalue weighted by Crippen LogP contribution is 2.42. The van der Waals surface area contributed by atoms with Gasteiger partial charge in [-0.25, -0.2) is 4.79 Å². The van der Waals surface area contributed by atoms with Gasteiger partial charge in [0.2, 0.25) is 0 Å². The highest BCUT2D eigenvalue weighted by atomic mass is 16.7. The third-order valence-corrected chi connectivity index (χ3v) is 5.40. The summed E-state index contributed by atoms with van der Waals surface area (Å²) in [4.78, 5) is 28.2. The zero-order valence-corrected chi connectivity index (χ0v) is 17.8. The van der Waals surface area contributed by atoms with Crippen LogP contribution in [0.4, 0.5) is 4.79 Å². The van der Waals surface area contributed by atoms with Crippen molar-refractivity contribution in [1.29, 1.82) is 0 Å². The van der Waals surface area contributed by atoms with Crippen LogP contribution in [0.15, 0.2) is 83.6 Å². The normalized spacial score (nSPS) is 16.0. The quantitative estimate of drug-likeness (QED) is 0.348. The highest BCUT2D eigenvalue weighted by molar-refractivity contribution is 5.87. The van der Waals surface area contributed by atoms with Gasteiger partial charge in [-0.15, -0.1) is 0 Å². The van der Waals surface area contributed by atoms with E-state index >= 15 is 0 Å². The Balaban J connectivity index is 1.96. The summed E-state index contributed by atoms with van der Waals surface area (Å²) in [5, 5.41) is 15.8. The fourth-order valence-electron chi connectivity index (χ4n) is 3.97. The number of carbonyl (C=O) groups is 1. The van der Waals surface area contributed by atoms with E-state index in [9.17, 15) is 14.9 Å². The number of aromatic nitrogens is 1. The SMILES string of the molecule is COC(=O)OC1=C(C)NC(C)=C([N+](=O)[O-])C1c1cccc2ncc(-c3ccccc3)cc12. The zero-order chi connectivity index (χ0) is 22.8. The van der Waals surface area contributed by atoms with Gasteiger partial charge in [0, 0.05) is 17.1 Å². The number of nitrogens with one attached hydrogen (secondary N) is 1. The van der Waals surface area contributed by atoms with Crippen molar-refractivity contribution in [2.75, 3.05) is 7.11 Å². The van der Waals surface area contributed by atoms with Crippen molar-refractivity contribution in [2.45, 2.75) is 19.8 Å². The number of nitrogens with zero attached hydrogens (tertiary/aromatic N) is 2. The minimum Gasteiger partial charge on any atom is -0.437 e. The monoisotopic (exact) mass is 431 g/mol. The molecule has 0 saturated carbocycles. The summed E-state index contributed by atoms with van der Waals surface area (Å²) in [5.41, 5.74) is 3.90. The van der Waals surface area contributed by atoms with Crippen LogP contribution in [-0.4, -0.2) is 23.2 Å². The number of ether oxygens (including phenoxy) is 2. The van der Waals surface area contributed by atoms with Crippen molar-refractivity contribution < 1.29 is 19.2 Å². The number of carbonyl (C=O) groups excluding carboxylic acids is 1. The molecule has 1 aliphatic heterocycles. The van der Waals surface area contributed by atoms with Crippen LogP contribution in [-0.2, 0) is 9.47 Å². The maximum absolute atomic E-state index is 12.1. The summed E-state index contributed by atoms with van der Waals surface area (Å²) in [7, 11) is 1.19. The van der Waals surface area contributed by atoms with E-state index in [4.69, 9.17) is 4.74 Å². The first-order chi connectivity index (χ1) is 15.4. The van der Waals surface area contributed by atoms with E-state index in [1.54, 1.807) is 32.2 Å². The Morgan fingerprint density at radius 1 is 1.06 bits per heavy atom. The molecule has 0 fully saturated rings. The number of pyridine rings is 1. The predicted molar refractivity (Wildman–Crippen MR) is 119 cm³/mol. The number of dihydropyridines is 1. The molecule has 1 aromatic heterocycles. The molecule has 3 aromatic rings. The molecule has 0 saturated heterocycles. The predicted octanol–water partition coefficient (Wildman–Crippen LogP) is 5.11. The second kappa shape index (κ2) is 8.50. The van der Waals surface area contributed by atoms with Gasteiger partial charge in [0.05, 0.1) is 28.9 Å². The summed E-state index contributed by atoms with van der Waals surface area (Å²) in [5.74, 6) is -0.811. The maximum atomic E-state index is 12.1. The Hall–Kier alpha value is -4.20. The van der Waals surface area contributed by atoms with Crippen molar-refractivity contribution in [3.05, 3.63) is 99.3 Å². The van der Waals surface area contributed by atoms with Crippen LogP contribution in [0.2, 0.25) is 0 Å². The molecular formula is C24H21N3O5. The number of methoxy groups -OCH3 is 1. The number of benzene rings is 2. The van der Waals surface area contributed by atoms with Crippen molar-refractivity contribution in [1.82, 2.24) is 10.3 Å². The van der Waals surface area contributed by atoms with Gasteiger partial charge in [-0.3, -0.25) is 15.1 Å². The molecule has 0 bridgehead atoms. The van der Waals surface area contributed by atoms with Crippen LogP contribution in [0.1, 0.15) is 25.3 Å². The largest absolute Gasteiger partial charge is 0.513 e. The minimum atomic E-state index is -0.947. The first-order valence-corrected chi connectivity index (χ1v) is 9.93. The standard InChI is InChI=1S/C24H21N3O5/c1-14-22(27(29)30)21(23(15(2)26-14)32-24(28)31-3)18-10-7-11-20-19(18)12-17(13-25-20)16-8-5-4-6-9-16/h4-13,21,26H,1-3H3. The Labute approximate surface area is 184 Å².